The Balaban J connectivity index is 1.44. The zero-order valence-corrected chi connectivity index (χ0v) is 16.1. The van der Waals surface area contributed by atoms with Crippen molar-refractivity contribution in [2.45, 2.75) is 25.4 Å². The standard InChI is InChI=1S/C21H21ClN4O2/c22-17-10-8-16(9-11-17)21-24-18(25-28-21)14-23-20(27)19(26-12-4-5-13-26)15-6-2-1-3-7-15/h1-3,6-11,19H,4-5,12-14H2,(H,23,27)/t19-/m0/s1. The maximum atomic E-state index is 13.0. The maximum absolute atomic E-state index is 13.0. The van der Waals surface area contributed by atoms with Crippen molar-refractivity contribution in [3.8, 4) is 11.5 Å². The Morgan fingerprint density at radius 1 is 1.11 bits per heavy atom. The van der Waals surface area contributed by atoms with Crippen LogP contribution in [0.2, 0.25) is 5.02 Å². The van der Waals surface area contributed by atoms with Gasteiger partial charge >= 0.3 is 0 Å². The first-order chi connectivity index (χ1) is 13.7. The molecule has 1 N–H and O–H groups in total. The first kappa shape index (κ1) is 18.7. The van der Waals surface area contributed by atoms with E-state index in [0.29, 0.717) is 16.7 Å². The van der Waals surface area contributed by atoms with Gasteiger partial charge in [-0.05, 0) is 55.8 Å². The van der Waals surface area contributed by atoms with Crippen LogP contribution in [0.15, 0.2) is 59.1 Å². The minimum atomic E-state index is -0.300. The smallest absolute Gasteiger partial charge is 0.257 e. The molecule has 1 amide bonds. The van der Waals surface area contributed by atoms with Crippen molar-refractivity contribution in [2.24, 2.45) is 0 Å². The summed E-state index contributed by atoms with van der Waals surface area (Å²) in [7, 11) is 0. The van der Waals surface area contributed by atoms with E-state index in [1.807, 2.05) is 42.5 Å². The second-order valence-corrected chi connectivity index (χ2v) is 7.23. The van der Waals surface area contributed by atoms with Crippen molar-refractivity contribution in [3.63, 3.8) is 0 Å². The van der Waals surface area contributed by atoms with Gasteiger partial charge in [0.05, 0.1) is 6.54 Å². The van der Waals surface area contributed by atoms with E-state index in [0.717, 1.165) is 37.1 Å². The van der Waals surface area contributed by atoms with E-state index in [1.54, 1.807) is 12.1 Å². The number of carbonyl (C=O) groups is 1. The highest BCUT2D eigenvalue weighted by molar-refractivity contribution is 6.30. The monoisotopic (exact) mass is 396 g/mol. The highest BCUT2D eigenvalue weighted by Gasteiger charge is 2.29. The fourth-order valence-electron chi connectivity index (χ4n) is 3.46. The number of benzene rings is 2. The highest BCUT2D eigenvalue weighted by atomic mass is 35.5. The molecule has 28 heavy (non-hydrogen) atoms. The van der Waals surface area contributed by atoms with Crippen LogP contribution in [0.1, 0.15) is 30.3 Å². The summed E-state index contributed by atoms with van der Waals surface area (Å²) in [6, 6.07) is 16.7. The quantitative estimate of drug-likeness (QED) is 0.685. The summed E-state index contributed by atoms with van der Waals surface area (Å²) in [5.74, 6) is 0.789. The van der Waals surface area contributed by atoms with Crippen molar-refractivity contribution in [1.82, 2.24) is 20.4 Å². The normalized spacial score (nSPS) is 15.5. The molecular formula is C21H21ClN4O2. The summed E-state index contributed by atoms with van der Waals surface area (Å²) in [5, 5.41) is 7.57. The number of aromatic nitrogens is 2. The van der Waals surface area contributed by atoms with Gasteiger partial charge in [0.2, 0.25) is 5.91 Å². The Hall–Kier alpha value is -2.70. The second kappa shape index (κ2) is 8.54. The minimum absolute atomic E-state index is 0.0501. The lowest BCUT2D eigenvalue weighted by atomic mass is 10.0. The zero-order valence-electron chi connectivity index (χ0n) is 15.3. The van der Waals surface area contributed by atoms with Gasteiger partial charge in [-0.2, -0.15) is 4.98 Å². The van der Waals surface area contributed by atoms with Crippen molar-refractivity contribution >= 4 is 17.5 Å². The molecule has 1 saturated heterocycles. The summed E-state index contributed by atoms with van der Waals surface area (Å²) < 4.78 is 5.30. The molecule has 4 rings (SSSR count). The molecule has 0 saturated carbocycles. The van der Waals surface area contributed by atoms with E-state index in [4.69, 9.17) is 16.1 Å². The van der Waals surface area contributed by atoms with Gasteiger partial charge in [0, 0.05) is 10.6 Å². The van der Waals surface area contributed by atoms with Crippen LogP contribution in [-0.2, 0) is 11.3 Å². The van der Waals surface area contributed by atoms with Crippen molar-refractivity contribution in [2.75, 3.05) is 13.1 Å². The van der Waals surface area contributed by atoms with Crippen LogP contribution >= 0.6 is 11.6 Å². The van der Waals surface area contributed by atoms with Gasteiger partial charge in [-0.25, -0.2) is 0 Å². The molecule has 1 aromatic heterocycles. The fraction of sp³-hybridized carbons (Fsp3) is 0.286. The number of carbonyl (C=O) groups excluding carboxylic acids is 1. The van der Waals surface area contributed by atoms with Gasteiger partial charge in [0.1, 0.15) is 6.04 Å². The van der Waals surface area contributed by atoms with Gasteiger partial charge in [-0.3, -0.25) is 9.69 Å². The molecular weight excluding hydrogens is 376 g/mol. The first-order valence-electron chi connectivity index (χ1n) is 9.36. The predicted octanol–water partition coefficient (Wildman–Crippen LogP) is 3.84. The Kier molecular flexibility index (Phi) is 5.69. The zero-order chi connectivity index (χ0) is 19.3. The number of nitrogens with one attached hydrogen (secondary N) is 1. The van der Waals surface area contributed by atoms with Crippen LogP contribution in [0.4, 0.5) is 0 Å². The average Bonchev–Trinajstić information content (AvgIpc) is 3.40. The lowest BCUT2D eigenvalue weighted by molar-refractivity contribution is -0.126. The third-order valence-electron chi connectivity index (χ3n) is 4.85. The Labute approximate surface area is 168 Å². The Morgan fingerprint density at radius 2 is 1.82 bits per heavy atom. The van der Waals surface area contributed by atoms with Crippen molar-refractivity contribution in [1.29, 1.82) is 0 Å². The highest BCUT2D eigenvalue weighted by Crippen LogP contribution is 2.25. The number of hydrogen-bond donors (Lipinski definition) is 1. The van der Waals surface area contributed by atoms with Crippen LogP contribution in [0.5, 0.6) is 0 Å². The van der Waals surface area contributed by atoms with E-state index >= 15 is 0 Å². The summed E-state index contributed by atoms with van der Waals surface area (Å²) in [6.07, 6.45) is 2.23. The average molecular weight is 397 g/mol. The number of amides is 1. The van der Waals surface area contributed by atoms with E-state index in [1.165, 1.54) is 0 Å². The van der Waals surface area contributed by atoms with Gasteiger partial charge in [0.25, 0.3) is 5.89 Å². The molecule has 1 fully saturated rings. The van der Waals surface area contributed by atoms with Crippen molar-refractivity contribution in [3.05, 3.63) is 71.0 Å². The van der Waals surface area contributed by atoms with Crippen LogP contribution < -0.4 is 5.32 Å². The molecule has 1 aliphatic heterocycles. The number of halogens is 1. The van der Waals surface area contributed by atoms with Crippen LogP contribution in [-0.4, -0.2) is 34.0 Å². The number of likely N-dealkylation sites (tertiary alicyclic amines) is 1. The SMILES string of the molecule is O=C(NCc1noc(-c2ccc(Cl)cc2)n1)[C@H](c1ccccc1)N1CCCC1. The Bertz CT molecular complexity index is 921. The second-order valence-electron chi connectivity index (χ2n) is 6.80. The first-order valence-corrected chi connectivity index (χ1v) is 9.74. The number of nitrogens with zero attached hydrogens (tertiary/aromatic N) is 3. The van der Waals surface area contributed by atoms with Gasteiger partial charge in [0.15, 0.2) is 5.82 Å². The van der Waals surface area contributed by atoms with E-state index in [-0.39, 0.29) is 18.5 Å². The molecule has 144 valence electrons. The number of rotatable bonds is 6. The fourth-order valence-corrected chi connectivity index (χ4v) is 3.59. The third kappa shape index (κ3) is 4.24. The predicted molar refractivity (Wildman–Crippen MR) is 107 cm³/mol. The molecule has 2 aromatic carbocycles. The van der Waals surface area contributed by atoms with Crippen molar-refractivity contribution < 1.29 is 9.32 Å². The molecule has 0 bridgehead atoms. The molecule has 0 radical (unpaired) electrons. The maximum Gasteiger partial charge on any atom is 0.257 e. The largest absolute Gasteiger partial charge is 0.347 e. The lowest BCUT2D eigenvalue weighted by Crippen LogP contribution is -2.39. The summed E-state index contributed by atoms with van der Waals surface area (Å²) in [4.78, 5) is 19.5. The van der Waals surface area contributed by atoms with E-state index in [9.17, 15) is 4.79 Å². The topological polar surface area (TPSA) is 71.3 Å². The molecule has 1 aliphatic rings. The minimum Gasteiger partial charge on any atom is -0.347 e. The molecule has 0 spiro atoms. The molecule has 0 unspecified atom stereocenters. The molecule has 6 nitrogen and oxygen atoms in total. The number of hydrogen-bond acceptors (Lipinski definition) is 5. The van der Waals surface area contributed by atoms with E-state index in [2.05, 4.69) is 20.4 Å². The molecule has 2 heterocycles. The summed E-state index contributed by atoms with van der Waals surface area (Å²) >= 11 is 5.90. The third-order valence-corrected chi connectivity index (χ3v) is 5.10. The van der Waals surface area contributed by atoms with Crippen LogP contribution in [0.3, 0.4) is 0 Å². The Morgan fingerprint density at radius 3 is 2.54 bits per heavy atom. The molecule has 1 atom stereocenters. The lowest BCUT2D eigenvalue weighted by Gasteiger charge is -2.26. The van der Waals surface area contributed by atoms with Gasteiger partial charge in [-0.15, -0.1) is 0 Å². The molecule has 3 aromatic rings. The van der Waals surface area contributed by atoms with Gasteiger partial charge < -0.3 is 9.84 Å². The van der Waals surface area contributed by atoms with Crippen LogP contribution in [0, 0.1) is 0 Å². The molecule has 7 heteroatoms. The summed E-state index contributed by atoms with van der Waals surface area (Å²) in [6.45, 7) is 2.07. The van der Waals surface area contributed by atoms with Gasteiger partial charge in [-0.1, -0.05) is 47.1 Å². The molecule has 0 aliphatic carbocycles. The van der Waals surface area contributed by atoms with E-state index < -0.39 is 0 Å². The summed E-state index contributed by atoms with van der Waals surface area (Å²) in [5.41, 5.74) is 1.78. The van der Waals surface area contributed by atoms with Crippen LogP contribution in [0.25, 0.3) is 11.5 Å².